The Bertz CT molecular complexity index is 210. The average molecular weight is 212 g/mol. The van der Waals surface area contributed by atoms with Crippen molar-refractivity contribution in [2.75, 3.05) is 26.2 Å². The number of hydrogen-bond donors (Lipinski definition) is 1. The molecule has 2 fully saturated rings. The minimum absolute atomic E-state index is 0.401. The van der Waals surface area contributed by atoms with Crippen molar-refractivity contribution in [1.29, 1.82) is 0 Å². The summed E-state index contributed by atoms with van der Waals surface area (Å²) < 4.78 is 5.68. The fourth-order valence-corrected chi connectivity index (χ4v) is 2.82. The second-order valence-electron chi connectivity index (χ2n) is 5.34. The van der Waals surface area contributed by atoms with Gasteiger partial charge in [-0.3, -0.25) is 4.90 Å². The Labute approximate surface area is 93.2 Å². The van der Waals surface area contributed by atoms with Crippen LogP contribution >= 0.6 is 0 Å². The lowest BCUT2D eigenvalue weighted by Gasteiger charge is -2.44. The number of nitrogens with one attached hydrogen (secondary N) is 1. The minimum atomic E-state index is 0.401. The number of rotatable bonds is 1. The van der Waals surface area contributed by atoms with E-state index in [4.69, 9.17) is 4.74 Å². The molecule has 1 N–H and O–H groups in total. The lowest BCUT2D eigenvalue weighted by molar-refractivity contribution is -0.0711. The van der Waals surface area contributed by atoms with Crippen LogP contribution in [0.15, 0.2) is 0 Å². The Morgan fingerprint density at radius 1 is 1.20 bits per heavy atom. The van der Waals surface area contributed by atoms with E-state index in [9.17, 15) is 0 Å². The minimum Gasteiger partial charge on any atom is -0.376 e. The molecule has 4 unspecified atom stereocenters. The molecule has 0 aromatic carbocycles. The summed E-state index contributed by atoms with van der Waals surface area (Å²) in [6.45, 7) is 11.1. The molecule has 2 saturated heterocycles. The topological polar surface area (TPSA) is 24.5 Å². The van der Waals surface area contributed by atoms with Crippen molar-refractivity contribution in [2.24, 2.45) is 5.92 Å². The first-order valence-electron chi connectivity index (χ1n) is 6.25. The highest BCUT2D eigenvalue weighted by Crippen LogP contribution is 2.21. The highest BCUT2D eigenvalue weighted by atomic mass is 16.5. The molecule has 0 aromatic heterocycles. The van der Waals surface area contributed by atoms with Crippen LogP contribution in [0.1, 0.15) is 27.2 Å². The zero-order valence-electron chi connectivity index (χ0n) is 10.2. The maximum atomic E-state index is 5.68. The van der Waals surface area contributed by atoms with Gasteiger partial charge in [0.15, 0.2) is 0 Å². The van der Waals surface area contributed by atoms with Gasteiger partial charge in [0.25, 0.3) is 0 Å². The van der Waals surface area contributed by atoms with Gasteiger partial charge >= 0.3 is 0 Å². The van der Waals surface area contributed by atoms with Gasteiger partial charge in [-0.25, -0.2) is 0 Å². The maximum Gasteiger partial charge on any atom is 0.0674 e. The van der Waals surface area contributed by atoms with E-state index in [2.05, 4.69) is 31.0 Å². The summed E-state index contributed by atoms with van der Waals surface area (Å²) in [6.07, 6.45) is 1.74. The molecule has 4 atom stereocenters. The normalized spacial score (nSPS) is 44.2. The standard InChI is InChI=1S/C12H24N2O/c1-9-4-12(6-13-5-9)14-7-11(3)15-8-10(14)2/h9-13H,4-8H2,1-3H3. The first kappa shape index (κ1) is 11.4. The van der Waals surface area contributed by atoms with Crippen molar-refractivity contribution in [3.8, 4) is 0 Å². The molecule has 0 aliphatic carbocycles. The van der Waals surface area contributed by atoms with E-state index < -0.39 is 0 Å². The average Bonchev–Trinajstić information content (AvgIpc) is 2.22. The Morgan fingerprint density at radius 3 is 2.73 bits per heavy atom. The molecule has 0 aromatic rings. The van der Waals surface area contributed by atoms with Crippen LogP contribution in [-0.2, 0) is 4.74 Å². The monoisotopic (exact) mass is 212 g/mol. The lowest BCUT2D eigenvalue weighted by Crippen LogP contribution is -2.57. The van der Waals surface area contributed by atoms with Gasteiger partial charge in [0.1, 0.15) is 0 Å². The van der Waals surface area contributed by atoms with Gasteiger partial charge in [0, 0.05) is 25.2 Å². The lowest BCUT2D eigenvalue weighted by atomic mass is 9.95. The quantitative estimate of drug-likeness (QED) is 0.704. The number of morpholine rings is 1. The van der Waals surface area contributed by atoms with Crippen LogP contribution in [0.4, 0.5) is 0 Å². The third-order valence-corrected chi connectivity index (χ3v) is 3.67. The maximum absolute atomic E-state index is 5.68. The van der Waals surface area contributed by atoms with Crippen LogP contribution in [0.3, 0.4) is 0 Å². The third kappa shape index (κ3) is 2.71. The van der Waals surface area contributed by atoms with Crippen molar-refractivity contribution in [1.82, 2.24) is 10.2 Å². The van der Waals surface area contributed by atoms with Crippen molar-refractivity contribution in [2.45, 2.75) is 45.4 Å². The van der Waals surface area contributed by atoms with Crippen LogP contribution < -0.4 is 5.32 Å². The van der Waals surface area contributed by atoms with E-state index in [1.54, 1.807) is 0 Å². The van der Waals surface area contributed by atoms with E-state index in [1.807, 2.05) is 0 Å². The molecule has 2 heterocycles. The second kappa shape index (κ2) is 4.81. The third-order valence-electron chi connectivity index (χ3n) is 3.67. The summed E-state index contributed by atoms with van der Waals surface area (Å²) in [7, 11) is 0. The predicted molar refractivity (Wildman–Crippen MR) is 62.0 cm³/mol. The van der Waals surface area contributed by atoms with Crippen molar-refractivity contribution in [3.05, 3.63) is 0 Å². The van der Waals surface area contributed by atoms with Gasteiger partial charge in [-0.15, -0.1) is 0 Å². The molecule has 3 heteroatoms. The molecule has 0 bridgehead atoms. The first-order valence-corrected chi connectivity index (χ1v) is 6.25. The summed E-state index contributed by atoms with van der Waals surface area (Å²) in [4.78, 5) is 2.64. The van der Waals surface area contributed by atoms with Gasteiger partial charge in [0.05, 0.1) is 12.7 Å². The molecule has 2 aliphatic rings. The molecule has 0 radical (unpaired) electrons. The van der Waals surface area contributed by atoms with Crippen LogP contribution in [0, 0.1) is 5.92 Å². The predicted octanol–water partition coefficient (Wildman–Crippen LogP) is 1.09. The smallest absolute Gasteiger partial charge is 0.0674 e. The number of ether oxygens (including phenoxy) is 1. The van der Waals surface area contributed by atoms with E-state index in [0.717, 1.165) is 31.7 Å². The van der Waals surface area contributed by atoms with Crippen LogP contribution in [0.25, 0.3) is 0 Å². The van der Waals surface area contributed by atoms with E-state index in [-0.39, 0.29) is 0 Å². The number of hydrogen-bond acceptors (Lipinski definition) is 3. The van der Waals surface area contributed by atoms with Gasteiger partial charge in [-0.1, -0.05) is 6.92 Å². The van der Waals surface area contributed by atoms with Gasteiger partial charge in [-0.05, 0) is 32.7 Å². The highest BCUT2D eigenvalue weighted by molar-refractivity contribution is 4.87. The van der Waals surface area contributed by atoms with Gasteiger partial charge < -0.3 is 10.1 Å². The second-order valence-corrected chi connectivity index (χ2v) is 5.34. The number of piperidine rings is 1. The molecule has 2 rings (SSSR count). The molecular weight excluding hydrogens is 188 g/mol. The molecule has 0 amide bonds. The van der Waals surface area contributed by atoms with E-state index >= 15 is 0 Å². The van der Waals surface area contributed by atoms with Crippen LogP contribution in [-0.4, -0.2) is 49.3 Å². The number of nitrogens with zero attached hydrogens (tertiary/aromatic N) is 1. The highest BCUT2D eigenvalue weighted by Gasteiger charge is 2.31. The zero-order valence-corrected chi connectivity index (χ0v) is 10.2. The molecule has 88 valence electrons. The largest absolute Gasteiger partial charge is 0.376 e. The summed E-state index contributed by atoms with van der Waals surface area (Å²) in [5.74, 6) is 0.814. The fourth-order valence-electron chi connectivity index (χ4n) is 2.82. The van der Waals surface area contributed by atoms with Crippen molar-refractivity contribution in [3.63, 3.8) is 0 Å². The first-order chi connectivity index (χ1) is 7.16. The van der Waals surface area contributed by atoms with E-state index in [0.29, 0.717) is 12.1 Å². The SMILES string of the molecule is CC1CNCC(N2CC(C)OCC2C)C1. The zero-order chi connectivity index (χ0) is 10.8. The Kier molecular flexibility index (Phi) is 3.65. The molecule has 0 spiro atoms. The summed E-state index contributed by atoms with van der Waals surface area (Å²) in [5.41, 5.74) is 0. The Morgan fingerprint density at radius 2 is 2.00 bits per heavy atom. The van der Waals surface area contributed by atoms with Crippen molar-refractivity contribution < 1.29 is 4.74 Å². The fraction of sp³-hybridized carbons (Fsp3) is 1.00. The van der Waals surface area contributed by atoms with Crippen molar-refractivity contribution >= 4 is 0 Å². The Balaban J connectivity index is 1.94. The molecule has 15 heavy (non-hydrogen) atoms. The van der Waals surface area contributed by atoms with Gasteiger partial charge in [0.2, 0.25) is 0 Å². The molecule has 0 saturated carbocycles. The van der Waals surface area contributed by atoms with Gasteiger partial charge in [-0.2, -0.15) is 0 Å². The summed E-state index contributed by atoms with van der Waals surface area (Å²) >= 11 is 0. The molecular formula is C12H24N2O. The summed E-state index contributed by atoms with van der Waals surface area (Å²) in [6, 6.07) is 1.30. The van der Waals surface area contributed by atoms with Crippen LogP contribution in [0.2, 0.25) is 0 Å². The Hall–Kier alpha value is -0.120. The molecule has 3 nitrogen and oxygen atoms in total. The van der Waals surface area contributed by atoms with Crippen LogP contribution in [0.5, 0.6) is 0 Å². The summed E-state index contributed by atoms with van der Waals surface area (Å²) in [5, 5.41) is 3.53. The van der Waals surface area contributed by atoms with E-state index in [1.165, 1.54) is 13.0 Å². The molecule has 2 aliphatic heterocycles.